The van der Waals surface area contributed by atoms with E-state index in [0.29, 0.717) is 23.1 Å². The smallest absolute Gasteiger partial charge is 0.238 e. The Morgan fingerprint density at radius 1 is 1.52 bits per heavy atom. The molecule has 0 bridgehead atoms. The van der Waals surface area contributed by atoms with Gasteiger partial charge in [-0.15, -0.1) is 16.8 Å². The van der Waals surface area contributed by atoms with Gasteiger partial charge < -0.3 is 9.32 Å². The fourth-order valence-electron chi connectivity index (χ4n) is 3.81. The third-order valence-corrected chi connectivity index (χ3v) is 5.76. The Morgan fingerprint density at radius 2 is 2.26 bits per heavy atom. The largest absolute Gasteiger partial charge is 0.423 e. The molecule has 2 heterocycles. The van der Waals surface area contributed by atoms with E-state index in [1.54, 1.807) is 6.92 Å². The average Bonchev–Trinajstić information content (AvgIpc) is 3.12. The standard InChI is InChI=1S/C18H27N3O2/c1-5-6-7-12(2)16-19-20-17(23-16)15-10-18(8-9-18)13(3)11-21(15)14(4)22/h5,12-13,15H,1,6-11H2,2-4H3/t12-,13+,15+/m1/s1. The quantitative estimate of drug-likeness (QED) is 0.774. The molecule has 23 heavy (non-hydrogen) atoms. The highest BCUT2D eigenvalue weighted by molar-refractivity contribution is 5.73. The molecule has 126 valence electrons. The minimum absolute atomic E-state index is 0.0564. The predicted molar refractivity (Wildman–Crippen MR) is 87.7 cm³/mol. The Morgan fingerprint density at radius 3 is 2.87 bits per heavy atom. The van der Waals surface area contributed by atoms with Gasteiger partial charge in [-0.25, -0.2) is 0 Å². The topological polar surface area (TPSA) is 59.2 Å². The van der Waals surface area contributed by atoms with E-state index < -0.39 is 0 Å². The van der Waals surface area contributed by atoms with Crippen molar-refractivity contribution in [3.8, 4) is 0 Å². The molecule has 1 aliphatic carbocycles. The maximum atomic E-state index is 12.1. The molecule has 2 aliphatic rings. The van der Waals surface area contributed by atoms with E-state index in [2.05, 4.69) is 30.6 Å². The lowest BCUT2D eigenvalue weighted by Gasteiger charge is -2.41. The highest BCUT2D eigenvalue weighted by Gasteiger charge is 2.54. The second-order valence-corrected chi connectivity index (χ2v) is 7.40. The monoisotopic (exact) mass is 317 g/mol. The van der Waals surface area contributed by atoms with Crippen LogP contribution in [0, 0.1) is 11.3 Å². The van der Waals surface area contributed by atoms with Crippen LogP contribution in [0.15, 0.2) is 17.1 Å². The Kier molecular flexibility index (Phi) is 4.30. The molecule has 1 saturated carbocycles. The molecule has 1 amide bonds. The van der Waals surface area contributed by atoms with Crippen molar-refractivity contribution in [2.45, 2.75) is 64.8 Å². The van der Waals surface area contributed by atoms with Crippen molar-refractivity contribution in [3.05, 3.63) is 24.4 Å². The van der Waals surface area contributed by atoms with E-state index in [1.165, 1.54) is 12.8 Å². The molecule has 0 N–H and O–H groups in total. The molecule has 1 spiro atoms. The van der Waals surface area contributed by atoms with Crippen molar-refractivity contribution in [2.24, 2.45) is 11.3 Å². The van der Waals surface area contributed by atoms with Gasteiger partial charge in [-0.2, -0.15) is 0 Å². The Bertz CT molecular complexity index is 591. The van der Waals surface area contributed by atoms with Crippen LogP contribution in [0.3, 0.4) is 0 Å². The first kappa shape index (κ1) is 16.2. The van der Waals surface area contributed by atoms with Crippen molar-refractivity contribution < 1.29 is 9.21 Å². The van der Waals surface area contributed by atoms with Gasteiger partial charge in [-0.3, -0.25) is 4.79 Å². The summed E-state index contributed by atoms with van der Waals surface area (Å²) in [6.07, 6.45) is 7.26. The van der Waals surface area contributed by atoms with Crippen LogP contribution in [0.5, 0.6) is 0 Å². The van der Waals surface area contributed by atoms with Crippen LogP contribution in [-0.2, 0) is 4.79 Å². The van der Waals surface area contributed by atoms with Gasteiger partial charge in [0, 0.05) is 19.4 Å². The number of amides is 1. The van der Waals surface area contributed by atoms with E-state index in [1.807, 2.05) is 11.0 Å². The van der Waals surface area contributed by atoms with E-state index in [4.69, 9.17) is 4.42 Å². The molecule has 2 fully saturated rings. The van der Waals surface area contributed by atoms with Gasteiger partial charge in [0.1, 0.15) is 6.04 Å². The lowest BCUT2D eigenvalue weighted by Crippen LogP contribution is -2.45. The number of carbonyl (C=O) groups is 1. The molecule has 1 saturated heterocycles. The second kappa shape index (κ2) is 6.10. The molecule has 0 unspecified atom stereocenters. The lowest BCUT2D eigenvalue weighted by molar-refractivity contribution is -0.136. The number of carbonyl (C=O) groups excluding carboxylic acids is 1. The van der Waals surface area contributed by atoms with Crippen LogP contribution in [0.4, 0.5) is 0 Å². The zero-order valence-corrected chi connectivity index (χ0v) is 14.4. The number of hydrogen-bond acceptors (Lipinski definition) is 4. The molecule has 5 nitrogen and oxygen atoms in total. The van der Waals surface area contributed by atoms with Gasteiger partial charge in [-0.1, -0.05) is 19.9 Å². The van der Waals surface area contributed by atoms with Crippen LogP contribution in [0.2, 0.25) is 0 Å². The highest BCUT2D eigenvalue weighted by atomic mass is 16.4. The summed E-state index contributed by atoms with van der Waals surface area (Å²) in [5, 5.41) is 8.52. The second-order valence-electron chi connectivity index (χ2n) is 7.40. The normalized spacial score (nSPS) is 27.0. The number of piperidine rings is 1. The zero-order chi connectivity index (χ0) is 16.6. The zero-order valence-electron chi connectivity index (χ0n) is 14.4. The van der Waals surface area contributed by atoms with Gasteiger partial charge in [0.05, 0.1) is 0 Å². The predicted octanol–water partition coefficient (Wildman–Crippen LogP) is 3.85. The van der Waals surface area contributed by atoms with Crippen molar-refractivity contribution >= 4 is 5.91 Å². The van der Waals surface area contributed by atoms with Crippen LogP contribution >= 0.6 is 0 Å². The summed E-state index contributed by atoms with van der Waals surface area (Å²) in [5.74, 6) is 2.15. The molecule has 1 aromatic rings. The number of rotatable bonds is 5. The van der Waals surface area contributed by atoms with Crippen molar-refractivity contribution in [2.75, 3.05) is 6.54 Å². The van der Waals surface area contributed by atoms with Gasteiger partial charge in [0.25, 0.3) is 0 Å². The van der Waals surface area contributed by atoms with Crippen molar-refractivity contribution in [1.29, 1.82) is 0 Å². The summed E-state index contributed by atoms with van der Waals surface area (Å²) >= 11 is 0. The average molecular weight is 317 g/mol. The van der Waals surface area contributed by atoms with Crippen LogP contribution in [-0.4, -0.2) is 27.5 Å². The Balaban J connectivity index is 1.79. The summed E-state index contributed by atoms with van der Waals surface area (Å²) in [4.78, 5) is 14.0. The molecule has 0 radical (unpaired) electrons. The maximum Gasteiger partial charge on any atom is 0.238 e. The third-order valence-electron chi connectivity index (χ3n) is 5.76. The van der Waals surface area contributed by atoms with Crippen molar-refractivity contribution in [3.63, 3.8) is 0 Å². The van der Waals surface area contributed by atoms with Gasteiger partial charge in [0.2, 0.25) is 17.7 Å². The summed E-state index contributed by atoms with van der Waals surface area (Å²) in [5.41, 5.74) is 0.389. The first-order valence-electron chi connectivity index (χ1n) is 8.68. The Hall–Kier alpha value is -1.65. The Labute approximate surface area is 138 Å². The minimum Gasteiger partial charge on any atom is -0.423 e. The fourth-order valence-corrected chi connectivity index (χ4v) is 3.81. The molecule has 3 atom stereocenters. The lowest BCUT2D eigenvalue weighted by atomic mass is 9.79. The first-order valence-corrected chi connectivity index (χ1v) is 8.68. The van der Waals surface area contributed by atoms with Crippen LogP contribution in [0.1, 0.15) is 76.6 Å². The van der Waals surface area contributed by atoms with Gasteiger partial charge in [-0.05, 0) is 43.4 Å². The number of aromatic nitrogens is 2. The molecule has 3 rings (SSSR count). The minimum atomic E-state index is -0.0564. The summed E-state index contributed by atoms with van der Waals surface area (Å²) in [7, 11) is 0. The number of hydrogen-bond donors (Lipinski definition) is 0. The number of nitrogens with zero attached hydrogens (tertiary/aromatic N) is 3. The first-order chi connectivity index (χ1) is 11.0. The third kappa shape index (κ3) is 3.06. The van der Waals surface area contributed by atoms with E-state index in [9.17, 15) is 4.79 Å². The maximum absolute atomic E-state index is 12.1. The summed E-state index contributed by atoms with van der Waals surface area (Å²) < 4.78 is 5.97. The molecule has 0 aromatic carbocycles. The molecule has 1 aromatic heterocycles. The van der Waals surface area contributed by atoms with Crippen molar-refractivity contribution in [1.82, 2.24) is 15.1 Å². The summed E-state index contributed by atoms with van der Waals surface area (Å²) in [6.45, 7) is 10.5. The molecule has 5 heteroatoms. The SMILES string of the molecule is C=CCC[C@@H](C)c1nnc([C@@H]2CC3(CC3)[C@@H](C)CN2C(C)=O)o1. The van der Waals surface area contributed by atoms with E-state index in [0.717, 1.165) is 25.8 Å². The molecular weight excluding hydrogens is 290 g/mol. The number of allylic oxidation sites excluding steroid dienone is 1. The fraction of sp³-hybridized carbons (Fsp3) is 0.722. The number of likely N-dealkylation sites (tertiary alicyclic amines) is 1. The van der Waals surface area contributed by atoms with Crippen LogP contribution < -0.4 is 0 Å². The molecular formula is C18H27N3O2. The van der Waals surface area contributed by atoms with Crippen LogP contribution in [0.25, 0.3) is 0 Å². The van der Waals surface area contributed by atoms with Gasteiger partial charge in [0.15, 0.2) is 0 Å². The molecule has 1 aliphatic heterocycles. The summed E-state index contributed by atoms with van der Waals surface area (Å²) in [6, 6.07) is -0.0564. The van der Waals surface area contributed by atoms with Gasteiger partial charge >= 0.3 is 0 Å². The highest BCUT2D eigenvalue weighted by Crippen LogP contribution is 2.60. The van der Waals surface area contributed by atoms with E-state index >= 15 is 0 Å². The van der Waals surface area contributed by atoms with E-state index in [-0.39, 0.29) is 17.9 Å².